The maximum atomic E-state index is 14.2. The highest BCUT2D eigenvalue weighted by atomic mass is 16.3. The Labute approximate surface area is 400 Å². The zero-order valence-corrected chi connectivity index (χ0v) is 40.1. The quantitative estimate of drug-likeness (QED) is 0.144. The van der Waals surface area contributed by atoms with E-state index >= 15 is 0 Å². The molecule has 2 saturated carbocycles. The third kappa shape index (κ3) is 8.96. The smallest absolute Gasteiger partial charge is 0.318 e. The molecule has 1 spiro atoms. The van der Waals surface area contributed by atoms with E-state index in [-0.39, 0.29) is 54.6 Å². The van der Waals surface area contributed by atoms with Crippen molar-refractivity contribution in [3.8, 4) is 29.4 Å². The minimum atomic E-state index is -0.867. The van der Waals surface area contributed by atoms with E-state index in [0.717, 1.165) is 74.1 Å². The molecule has 6 aliphatic rings. The number of nitrogens with one attached hydrogen (secondary N) is 3. The highest BCUT2D eigenvalue weighted by Gasteiger charge is 2.56. The summed E-state index contributed by atoms with van der Waals surface area (Å²) in [7, 11) is 0. The fourth-order valence-electron chi connectivity index (χ4n) is 12.6. The molecule has 15 nitrogen and oxygen atoms in total. The maximum absolute atomic E-state index is 14.2. The van der Waals surface area contributed by atoms with Crippen LogP contribution in [0.1, 0.15) is 101 Å². The van der Waals surface area contributed by atoms with E-state index in [1.807, 2.05) is 68.1 Å². The van der Waals surface area contributed by atoms with Crippen LogP contribution in [0.25, 0.3) is 22.3 Å². The standard InChI is InChI=1S/C53H68N10O5/c1-6-34-11-13-35(14-12-34)29-54-49(66)44-25-39(64)30-63(44)50(67)47(52(3,4)5)56-51(68)61-31-53(32-61)27-38(28-53)60-23-21-59(22-24-60)36-15-17-37(18-16-36)62-20-19-42-46(33(62)2)41-26-43(57-58-48(41)55-42)40-9-7-8-10-45(40)65/h1,7-14,26,33,36-39,44,47,64-65H,15-25,27-32H2,2-5H3,(H,54,66)(H,55,58)(H,56,68)/t33-,36-,37-,39-,44+,47-/m1/s1. The van der Waals surface area contributed by atoms with E-state index in [1.165, 1.54) is 41.8 Å². The van der Waals surface area contributed by atoms with Crippen molar-refractivity contribution in [2.45, 2.75) is 128 Å². The zero-order chi connectivity index (χ0) is 47.5. The van der Waals surface area contributed by atoms with Gasteiger partial charge in [-0.25, -0.2) is 4.79 Å². The average molecular weight is 925 g/mol. The van der Waals surface area contributed by atoms with Gasteiger partial charge < -0.3 is 35.6 Å². The highest BCUT2D eigenvalue weighted by Crippen LogP contribution is 2.51. The van der Waals surface area contributed by atoms with Crippen LogP contribution in [-0.2, 0) is 22.6 Å². The Kier molecular flexibility index (Phi) is 12.5. The van der Waals surface area contributed by atoms with E-state index in [0.29, 0.717) is 42.5 Å². The molecular weight excluding hydrogens is 857 g/mol. The van der Waals surface area contributed by atoms with Crippen LogP contribution in [0.15, 0.2) is 54.6 Å². The van der Waals surface area contributed by atoms with Gasteiger partial charge in [-0.1, -0.05) is 51.0 Å². The molecule has 68 heavy (non-hydrogen) atoms. The number of benzene rings is 2. The van der Waals surface area contributed by atoms with Gasteiger partial charge in [-0.3, -0.25) is 24.3 Å². The number of phenolic OH excluding ortho intramolecular Hbond substituents is 1. The SMILES string of the molecule is C#Cc1ccc(CNC(=O)[C@@H]2C[C@@H](O)CN2C(=O)[C@@H](NC(=O)N2CC3(CC(N4CCN([C@H]5CC[C@H](N6CCc7[nH]c8nnc(-c9ccccc9O)cc8c7[C@H]6C)CC5)CC4)C3)C2)C(C)(C)C)cc1. The number of aromatic amines is 1. The highest BCUT2D eigenvalue weighted by molar-refractivity contribution is 5.93. The summed E-state index contributed by atoms with van der Waals surface area (Å²) in [4.78, 5) is 56.3. The number of phenols is 1. The third-order valence-corrected chi connectivity index (χ3v) is 16.4. The lowest BCUT2D eigenvalue weighted by atomic mass is 9.60. The fraction of sp³-hybridized carbons (Fsp3) is 0.566. The second-order valence-corrected chi connectivity index (χ2v) is 21.8. The summed E-state index contributed by atoms with van der Waals surface area (Å²) in [5, 5.41) is 37.2. The molecule has 3 saturated heterocycles. The van der Waals surface area contributed by atoms with Gasteiger partial charge in [0.1, 0.15) is 17.8 Å². The van der Waals surface area contributed by atoms with E-state index in [1.54, 1.807) is 6.07 Å². The second kappa shape index (κ2) is 18.4. The predicted octanol–water partition coefficient (Wildman–Crippen LogP) is 5.03. The number of fused-ring (bicyclic) bond motifs is 3. The van der Waals surface area contributed by atoms with Crippen LogP contribution in [0, 0.1) is 23.2 Å². The topological polar surface area (TPSA) is 173 Å². The Morgan fingerprint density at radius 1 is 0.926 bits per heavy atom. The summed E-state index contributed by atoms with van der Waals surface area (Å²) < 4.78 is 0. The second-order valence-electron chi connectivity index (χ2n) is 21.8. The van der Waals surface area contributed by atoms with Crippen LogP contribution in [-0.4, -0.2) is 156 Å². The number of rotatable bonds is 9. The molecule has 2 aliphatic carbocycles. The summed E-state index contributed by atoms with van der Waals surface area (Å²) in [6.45, 7) is 15.2. The number of aromatic nitrogens is 3. The van der Waals surface area contributed by atoms with Gasteiger partial charge in [0.25, 0.3) is 0 Å². The van der Waals surface area contributed by atoms with Crippen LogP contribution in [0.3, 0.4) is 0 Å². The van der Waals surface area contributed by atoms with Gasteiger partial charge in [0, 0.05) is 124 Å². The van der Waals surface area contributed by atoms with Crippen LogP contribution in [0.4, 0.5) is 4.79 Å². The van der Waals surface area contributed by atoms with Crippen molar-refractivity contribution in [3.05, 3.63) is 77.0 Å². The third-order valence-electron chi connectivity index (χ3n) is 16.4. The number of hydrogen-bond acceptors (Lipinski definition) is 10. The average Bonchev–Trinajstić information content (AvgIpc) is 3.90. The monoisotopic (exact) mass is 925 g/mol. The molecule has 5 N–H and O–H groups in total. The first kappa shape index (κ1) is 46.2. The number of likely N-dealkylation sites (tertiary alicyclic amines) is 2. The number of aliphatic hydroxyl groups excluding tert-OH is 1. The number of H-pyrrole nitrogens is 1. The van der Waals surface area contributed by atoms with Gasteiger partial charge in [-0.2, -0.15) is 0 Å². The van der Waals surface area contributed by atoms with Crippen molar-refractivity contribution in [3.63, 3.8) is 0 Å². The van der Waals surface area contributed by atoms with Gasteiger partial charge in [0.2, 0.25) is 11.8 Å². The summed E-state index contributed by atoms with van der Waals surface area (Å²) >= 11 is 0. The molecule has 4 amide bonds. The maximum Gasteiger partial charge on any atom is 0.318 e. The van der Waals surface area contributed by atoms with Crippen molar-refractivity contribution < 1.29 is 24.6 Å². The van der Waals surface area contributed by atoms with Crippen molar-refractivity contribution in [2.75, 3.05) is 52.4 Å². The fourth-order valence-corrected chi connectivity index (χ4v) is 12.6. The first-order valence-electron chi connectivity index (χ1n) is 24.9. The number of piperazine rings is 1. The van der Waals surface area contributed by atoms with Gasteiger partial charge in [0.15, 0.2) is 5.65 Å². The number of aromatic hydroxyl groups is 1. The Morgan fingerprint density at radius 2 is 1.60 bits per heavy atom. The molecule has 6 heterocycles. The molecule has 10 rings (SSSR count). The number of carbonyl (C=O) groups is 3. The van der Waals surface area contributed by atoms with Gasteiger partial charge in [-0.05, 0) is 92.3 Å². The summed E-state index contributed by atoms with van der Waals surface area (Å²) in [5.74, 6) is 2.11. The lowest BCUT2D eigenvalue weighted by molar-refractivity contribution is -0.142. The van der Waals surface area contributed by atoms with Crippen LogP contribution in [0.2, 0.25) is 0 Å². The lowest BCUT2D eigenvalue weighted by Crippen LogP contribution is -2.71. The molecule has 2 aromatic carbocycles. The molecule has 2 aromatic heterocycles. The number of terminal acetylenes is 1. The Balaban J connectivity index is 0.667. The number of para-hydroxylation sites is 1. The summed E-state index contributed by atoms with van der Waals surface area (Å²) in [5.41, 5.74) is 5.93. The number of aliphatic hydroxyl groups is 1. The number of β-amino-alcohol motifs (C(OH)–C–C–N with tert-alkyl or cyclic N) is 1. The molecule has 0 bridgehead atoms. The number of carbonyl (C=O) groups excluding carboxylic acids is 3. The Hall–Kier alpha value is -5.53. The van der Waals surface area contributed by atoms with E-state index < -0.39 is 23.6 Å². The van der Waals surface area contributed by atoms with Gasteiger partial charge >= 0.3 is 6.03 Å². The van der Waals surface area contributed by atoms with E-state index in [9.17, 15) is 24.6 Å². The normalized spacial score (nSPS) is 26.1. The molecule has 15 heteroatoms. The predicted molar refractivity (Wildman–Crippen MR) is 260 cm³/mol. The number of urea groups is 1. The minimum absolute atomic E-state index is 0.0360. The lowest BCUT2D eigenvalue weighted by Gasteiger charge is -2.61. The van der Waals surface area contributed by atoms with E-state index in [4.69, 9.17) is 6.42 Å². The van der Waals surface area contributed by atoms with Crippen LogP contribution in [0.5, 0.6) is 5.75 Å². The first-order valence-corrected chi connectivity index (χ1v) is 24.9. The number of nitrogens with zero attached hydrogens (tertiary/aromatic N) is 7. The molecule has 4 atom stereocenters. The van der Waals surface area contributed by atoms with Crippen molar-refractivity contribution in [2.24, 2.45) is 10.8 Å². The van der Waals surface area contributed by atoms with Crippen molar-refractivity contribution in [1.29, 1.82) is 0 Å². The summed E-state index contributed by atoms with van der Waals surface area (Å²) in [6.07, 6.45) is 12.8. The molecule has 0 unspecified atom stereocenters. The van der Waals surface area contributed by atoms with Gasteiger partial charge in [-0.15, -0.1) is 16.6 Å². The number of hydrogen-bond donors (Lipinski definition) is 5. The summed E-state index contributed by atoms with van der Waals surface area (Å²) in [6, 6.07) is 16.8. The Morgan fingerprint density at radius 3 is 2.28 bits per heavy atom. The molecule has 360 valence electrons. The molecule has 0 radical (unpaired) electrons. The minimum Gasteiger partial charge on any atom is -0.507 e. The van der Waals surface area contributed by atoms with E-state index in [2.05, 4.69) is 59.4 Å². The van der Waals surface area contributed by atoms with Crippen LogP contribution >= 0.6 is 0 Å². The number of amides is 4. The van der Waals surface area contributed by atoms with Crippen molar-refractivity contribution >= 4 is 28.9 Å². The van der Waals surface area contributed by atoms with Crippen LogP contribution < -0.4 is 10.6 Å². The zero-order valence-electron chi connectivity index (χ0n) is 40.1. The first-order chi connectivity index (χ1) is 32.7. The molecular formula is C53H68N10O5. The largest absolute Gasteiger partial charge is 0.507 e. The molecule has 4 aliphatic heterocycles. The Bertz CT molecular complexity index is 2550. The molecule has 5 fully saturated rings. The van der Waals surface area contributed by atoms with Gasteiger partial charge in [0.05, 0.1) is 11.8 Å². The van der Waals surface area contributed by atoms with Crippen molar-refractivity contribution in [1.82, 2.24) is 50.3 Å². The molecule has 4 aromatic rings.